The van der Waals surface area contributed by atoms with Crippen molar-refractivity contribution >= 4 is 17.9 Å². The lowest BCUT2D eigenvalue weighted by atomic mass is 10.1. The second-order valence-electron chi connectivity index (χ2n) is 5.50. The zero-order valence-corrected chi connectivity index (χ0v) is 14.9. The van der Waals surface area contributed by atoms with Crippen LogP contribution in [0.3, 0.4) is 0 Å². The molecule has 3 aromatic rings. The number of hydrogen-bond donors (Lipinski definition) is 1. The maximum Gasteiger partial charge on any atom is 0.315 e. The van der Waals surface area contributed by atoms with Crippen molar-refractivity contribution in [3.8, 4) is 11.5 Å². The third-order valence-electron chi connectivity index (χ3n) is 3.57. The molecule has 0 radical (unpaired) electrons. The lowest BCUT2D eigenvalue weighted by Gasteiger charge is -2.13. The molecule has 0 unspecified atom stereocenters. The second-order valence-corrected chi connectivity index (χ2v) is 5.50. The normalized spacial score (nSPS) is 10.9. The van der Waals surface area contributed by atoms with E-state index in [9.17, 15) is 10.1 Å². The molecule has 0 saturated carbocycles. The molecule has 28 heavy (non-hydrogen) atoms. The maximum absolute atomic E-state index is 11.6. The number of hydrogen-bond acceptors (Lipinski definition) is 9. The third kappa shape index (κ3) is 4.38. The van der Waals surface area contributed by atoms with E-state index in [1.807, 2.05) is 30.3 Å². The minimum Gasteiger partial charge on any atom is -0.490 e. The largest absolute Gasteiger partial charge is 0.490 e. The number of tetrazole rings is 1. The molecule has 144 valence electrons. The summed E-state index contributed by atoms with van der Waals surface area (Å²) in [6.45, 7) is 2.24. The summed E-state index contributed by atoms with van der Waals surface area (Å²) in [6.07, 6.45) is 1.34. The van der Waals surface area contributed by atoms with E-state index in [-0.39, 0.29) is 29.7 Å². The molecule has 0 aliphatic carbocycles. The smallest absolute Gasteiger partial charge is 0.315 e. The molecule has 0 aliphatic heterocycles. The van der Waals surface area contributed by atoms with Crippen LogP contribution in [0.15, 0.2) is 47.6 Å². The molecule has 0 atom stereocenters. The summed E-state index contributed by atoms with van der Waals surface area (Å²) in [7, 11) is 0. The van der Waals surface area contributed by atoms with Crippen LogP contribution in [0.25, 0.3) is 0 Å². The van der Waals surface area contributed by atoms with Crippen LogP contribution in [0.5, 0.6) is 11.5 Å². The number of rotatable bonds is 8. The average molecular weight is 383 g/mol. The lowest BCUT2D eigenvalue weighted by molar-refractivity contribution is -0.386. The summed E-state index contributed by atoms with van der Waals surface area (Å²) in [4.78, 5) is 12.1. The Morgan fingerprint density at radius 2 is 2.07 bits per heavy atom. The van der Waals surface area contributed by atoms with E-state index in [1.54, 1.807) is 13.0 Å². The topological polar surface area (TPSA) is 144 Å². The third-order valence-corrected chi connectivity index (χ3v) is 3.57. The van der Waals surface area contributed by atoms with Gasteiger partial charge in [-0.15, -0.1) is 0 Å². The molecule has 0 fully saturated rings. The van der Waals surface area contributed by atoms with Gasteiger partial charge in [0.25, 0.3) is 5.95 Å². The van der Waals surface area contributed by atoms with Crippen molar-refractivity contribution in [2.45, 2.75) is 13.5 Å². The number of nitrogens with two attached hydrogens (primary N) is 1. The fourth-order valence-electron chi connectivity index (χ4n) is 2.35. The van der Waals surface area contributed by atoms with E-state index in [0.717, 1.165) is 10.4 Å². The van der Waals surface area contributed by atoms with Gasteiger partial charge in [0.2, 0.25) is 5.75 Å². The number of nitro benzene ring substituents is 1. The number of aromatic nitrogens is 4. The summed E-state index contributed by atoms with van der Waals surface area (Å²) in [5.41, 5.74) is 6.57. The standard InChI is InChI=1S/C17H17N7O4/c1-2-27-15-9-13(10-19-23-17(18)20-21-22-23)8-14(24(25)26)16(15)28-11-12-6-4-3-5-7-12/h3-10H,2,11H2,1H3,(H2,18,20,22). The monoisotopic (exact) mass is 383 g/mol. The molecular weight excluding hydrogens is 366 g/mol. The van der Waals surface area contributed by atoms with Gasteiger partial charge in [-0.05, 0) is 29.0 Å². The fraction of sp³-hybridized carbons (Fsp3) is 0.176. The SMILES string of the molecule is CCOc1cc(C=Nn2nnnc2N)cc([N+](=O)[O-])c1OCc1ccccc1. The first-order chi connectivity index (χ1) is 13.6. The van der Waals surface area contributed by atoms with Crippen molar-refractivity contribution in [1.29, 1.82) is 0 Å². The Hall–Kier alpha value is -4.02. The van der Waals surface area contributed by atoms with Crippen LogP contribution < -0.4 is 15.2 Å². The predicted octanol–water partition coefficient (Wildman–Crippen LogP) is 2.02. The van der Waals surface area contributed by atoms with E-state index < -0.39 is 4.92 Å². The molecule has 0 aliphatic rings. The molecule has 0 bridgehead atoms. The average Bonchev–Trinajstić information content (AvgIpc) is 3.11. The summed E-state index contributed by atoms with van der Waals surface area (Å²) in [5, 5.41) is 26.0. The molecule has 0 saturated heterocycles. The molecule has 11 nitrogen and oxygen atoms in total. The molecule has 2 aromatic carbocycles. The molecule has 0 amide bonds. The molecule has 2 N–H and O–H groups in total. The Bertz CT molecular complexity index is 988. The van der Waals surface area contributed by atoms with E-state index in [2.05, 4.69) is 20.6 Å². The summed E-state index contributed by atoms with van der Waals surface area (Å²) in [5.74, 6) is 0.271. The van der Waals surface area contributed by atoms with Crippen LogP contribution in [0.2, 0.25) is 0 Å². The molecule has 1 aromatic heterocycles. The van der Waals surface area contributed by atoms with Gasteiger partial charge in [-0.25, -0.2) is 0 Å². The van der Waals surface area contributed by atoms with Gasteiger partial charge in [0, 0.05) is 11.6 Å². The van der Waals surface area contributed by atoms with Crippen molar-refractivity contribution < 1.29 is 14.4 Å². The van der Waals surface area contributed by atoms with Crippen LogP contribution in [0.4, 0.5) is 11.6 Å². The van der Waals surface area contributed by atoms with Gasteiger partial charge in [0.15, 0.2) is 5.75 Å². The summed E-state index contributed by atoms with van der Waals surface area (Å²) in [6, 6.07) is 12.2. The van der Waals surface area contributed by atoms with E-state index in [1.165, 1.54) is 12.3 Å². The number of nitrogen functional groups attached to an aromatic ring is 1. The zero-order chi connectivity index (χ0) is 19.9. The van der Waals surface area contributed by atoms with Crippen LogP contribution in [0, 0.1) is 10.1 Å². The van der Waals surface area contributed by atoms with Gasteiger partial charge in [-0.1, -0.05) is 40.2 Å². The van der Waals surface area contributed by atoms with Crippen LogP contribution in [-0.2, 0) is 6.61 Å². The van der Waals surface area contributed by atoms with E-state index >= 15 is 0 Å². The van der Waals surface area contributed by atoms with Gasteiger partial charge in [-0.2, -0.15) is 5.10 Å². The Morgan fingerprint density at radius 3 is 2.71 bits per heavy atom. The number of anilines is 1. The van der Waals surface area contributed by atoms with Gasteiger partial charge in [0.05, 0.1) is 17.7 Å². The summed E-state index contributed by atoms with van der Waals surface area (Å²) >= 11 is 0. The summed E-state index contributed by atoms with van der Waals surface area (Å²) < 4.78 is 11.3. The molecule has 0 spiro atoms. The lowest BCUT2D eigenvalue weighted by Crippen LogP contribution is -2.04. The number of benzene rings is 2. The number of nitro groups is 1. The van der Waals surface area contributed by atoms with E-state index in [0.29, 0.717) is 12.2 Å². The van der Waals surface area contributed by atoms with Crippen LogP contribution in [-0.4, -0.2) is 38.1 Å². The second kappa shape index (κ2) is 8.58. The first kappa shape index (κ1) is 18.8. The van der Waals surface area contributed by atoms with Gasteiger partial charge in [-0.3, -0.25) is 10.1 Å². The molecule has 3 rings (SSSR count). The van der Waals surface area contributed by atoms with Crippen molar-refractivity contribution in [2.75, 3.05) is 12.3 Å². The molecule has 1 heterocycles. The van der Waals surface area contributed by atoms with Gasteiger partial charge < -0.3 is 15.2 Å². The Kier molecular flexibility index (Phi) is 5.75. The Morgan fingerprint density at radius 1 is 1.29 bits per heavy atom. The zero-order valence-electron chi connectivity index (χ0n) is 14.9. The quantitative estimate of drug-likeness (QED) is 0.353. The Labute approximate surface area is 159 Å². The van der Waals surface area contributed by atoms with Crippen molar-refractivity contribution in [3.63, 3.8) is 0 Å². The van der Waals surface area contributed by atoms with Crippen molar-refractivity contribution in [1.82, 2.24) is 20.3 Å². The van der Waals surface area contributed by atoms with Crippen LogP contribution in [0.1, 0.15) is 18.1 Å². The highest BCUT2D eigenvalue weighted by Gasteiger charge is 2.22. The minimum absolute atomic E-state index is 0.0152. The molecule has 11 heteroatoms. The highest BCUT2D eigenvalue weighted by atomic mass is 16.6. The van der Waals surface area contributed by atoms with Gasteiger partial charge >= 0.3 is 5.69 Å². The van der Waals surface area contributed by atoms with Crippen molar-refractivity contribution in [2.24, 2.45) is 5.10 Å². The highest BCUT2D eigenvalue weighted by molar-refractivity contribution is 5.83. The fourth-order valence-corrected chi connectivity index (χ4v) is 2.35. The number of ether oxygens (including phenoxy) is 2. The number of nitrogens with zero attached hydrogens (tertiary/aromatic N) is 6. The van der Waals surface area contributed by atoms with Crippen molar-refractivity contribution in [3.05, 3.63) is 63.7 Å². The van der Waals surface area contributed by atoms with Crippen LogP contribution >= 0.6 is 0 Å². The predicted molar refractivity (Wildman–Crippen MR) is 100 cm³/mol. The molecular formula is C17H17N7O4. The van der Waals surface area contributed by atoms with E-state index in [4.69, 9.17) is 15.2 Å². The first-order valence-corrected chi connectivity index (χ1v) is 8.28. The van der Waals surface area contributed by atoms with Gasteiger partial charge in [0.1, 0.15) is 6.61 Å². The minimum atomic E-state index is -0.536. The Balaban J connectivity index is 1.94. The maximum atomic E-state index is 11.6. The highest BCUT2D eigenvalue weighted by Crippen LogP contribution is 2.38. The first-order valence-electron chi connectivity index (χ1n) is 8.28.